The largest absolute Gasteiger partial charge is 0.379 e. The Labute approximate surface area is 98.3 Å². The van der Waals surface area contributed by atoms with Gasteiger partial charge in [0.1, 0.15) is 5.82 Å². The number of pyridine rings is 1. The molecule has 1 fully saturated rings. The highest BCUT2D eigenvalue weighted by Crippen LogP contribution is 2.24. The zero-order valence-electron chi connectivity index (χ0n) is 9.50. The maximum absolute atomic E-state index is 10.6. The van der Waals surface area contributed by atoms with Crippen LogP contribution in [0.5, 0.6) is 0 Å². The SMILES string of the molecule is CN(c1ccc([N+](=O)[O-])c(N)n1)C1CCOC1. The lowest BCUT2D eigenvalue weighted by Gasteiger charge is -2.24. The van der Waals surface area contributed by atoms with Gasteiger partial charge in [-0.25, -0.2) is 4.98 Å². The predicted octanol–water partition coefficient (Wildman–Crippen LogP) is 0.797. The van der Waals surface area contributed by atoms with E-state index in [4.69, 9.17) is 10.5 Å². The smallest absolute Gasteiger partial charge is 0.311 e. The molecule has 0 amide bonds. The van der Waals surface area contributed by atoms with Crippen LogP contribution < -0.4 is 10.6 Å². The third-order valence-electron chi connectivity index (χ3n) is 2.90. The van der Waals surface area contributed by atoms with Crippen LogP contribution in [0.2, 0.25) is 0 Å². The Morgan fingerprint density at radius 2 is 2.41 bits per heavy atom. The molecule has 0 spiro atoms. The minimum absolute atomic E-state index is 0.0572. The van der Waals surface area contributed by atoms with Gasteiger partial charge >= 0.3 is 5.69 Å². The van der Waals surface area contributed by atoms with Crippen LogP contribution >= 0.6 is 0 Å². The minimum Gasteiger partial charge on any atom is -0.379 e. The Bertz CT molecular complexity index is 432. The van der Waals surface area contributed by atoms with Crippen molar-refractivity contribution < 1.29 is 9.66 Å². The van der Waals surface area contributed by atoms with E-state index >= 15 is 0 Å². The molecule has 1 unspecified atom stereocenters. The zero-order valence-corrected chi connectivity index (χ0v) is 9.50. The van der Waals surface area contributed by atoms with Gasteiger partial charge in [-0.2, -0.15) is 0 Å². The molecule has 0 bridgehead atoms. The highest BCUT2D eigenvalue weighted by Gasteiger charge is 2.23. The lowest BCUT2D eigenvalue weighted by Crippen LogP contribution is -2.32. The first kappa shape index (κ1) is 11.6. The first-order chi connectivity index (χ1) is 8.09. The number of nitro groups is 1. The Morgan fingerprint density at radius 1 is 1.65 bits per heavy atom. The average Bonchev–Trinajstić information content (AvgIpc) is 2.80. The third kappa shape index (κ3) is 2.28. The van der Waals surface area contributed by atoms with Crippen molar-refractivity contribution in [3.8, 4) is 0 Å². The van der Waals surface area contributed by atoms with E-state index in [0.717, 1.165) is 13.0 Å². The summed E-state index contributed by atoms with van der Waals surface area (Å²) >= 11 is 0. The first-order valence-electron chi connectivity index (χ1n) is 5.31. The van der Waals surface area contributed by atoms with Crippen LogP contribution in [0.25, 0.3) is 0 Å². The number of anilines is 2. The van der Waals surface area contributed by atoms with Gasteiger partial charge in [0.05, 0.1) is 17.6 Å². The van der Waals surface area contributed by atoms with Crippen molar-refractivity contribution in [3.05, 3.63) is 22.2 Å². The second kappa shape index (κ2) is 4.54. The van der Waals surface area contributed by atoms with Crippen LogP contribution in [0.4, 0.5) is 17.3 Å². The summed E-state index contributed by atoms with van der Waals surface area (Å²) in [4.78, 5) is 16.1. The summed E-state index contributed by atoms with van der Waals surface area (Å²) in [6.45, 7) is 1.38. The van der Waals surface area contributed by atoms with E-state index in [-0.39, 0.29) is 17.5 Å². The highest BCUT2D eigenvalue weighted by atomic mass is 16.6. The summed E-state index contributed by atoms with van der Waals surface area (Å²) < 4.78 is 5.28. The fraction of sp³-hybridized carbons (Fsp3) is 0.500. The molecule has 92 valence electrons. The Balaban J connectivity index is 2.21. The number of nitrogen functional groups attached to an aromatic ring is 1. The predicted molar refractivity (Wildman–Crippen MR) is 62.9 cm³/mol. The van der Waals surface area contributed by atoms with Crippen LogP contribution in [0.3, 0.4) is 0 Å². The average molecular weight is 238 g/mol. The van der Waals surface area contributed by atoms with E-state index in [1.165, 1.54) is 6.07 Å². The van der Waals surface area contributed by atoms with Crippen LogP contribution in [0.1, 0.15) is 6.42 Å². The molecular formula is C10H14N4O3. The Hall–Kier alpha value is -1.89. The highest BCUT2D eigenvalue weighted by molar-refractivity contribution is 5.58. The van der Waals surface area contributed by atoms with Gasteiger partial charge < -0.3 is 15.4 Å². The number of rotatable bonds is 3. The molecule has 17 heavy (non-hydrogen) atoms. The molecule has 1 aliphatic heterocycles. The monoisotopic (exact) mass is 238 g/mol. The zero-order chi connectivity index (χ0) is 12.4. The third-order valence-corrected chi connectivity index (χ3v) is 2.90. The van der Waals surface area contributed by atoms with Crippen molar-refractivity contribution >= 4 is 17.3 Å². The van der Waals surface area contributed by atoms with E-state index in [1.54, 1.807) is 6.07 Å². The van der Waals surface area contributed by atoms with E-state index in [9.17, 15) is 10.1 Å². The molecular weight excluding hydrogens is 224 g/mol. The summed E-state index contributed by atoms with van der Waals surface area (Å²) in [7, 11) is 1.88. The van der Waals surface area contributed by atoms with Crippen molar-refractivity contribution in [2.45, 2.75) is 12.5 Å². The van der Waals surface area contributed by atoms with E-state index in [2.05, 4.69) is 4.98 Å². The molecule has 0 aliphatic carbocycles. The van der Waals surface area contributed by atoms with Gasteiger partial charge in [-0.15, -0.1) is 0 Å². The lowest BCUT2D eigenvalue weighted by molar-refractivity contribution is -0.384. The molecule has 0 saturated carbocycles. The molecule has 1 saturated heterocycles. The van der Waals surface area contributed by atoms with Gasteiger partial charge in [-0.3, -0.25) is 10.1 Å². The molecule has 1 atom stereocenters. The van der Waals surface area contributed by atoms with Gasteiger partial charge in [0.2, 0.25) is 5.82 Å². The summed E-state index contributed by atoms with van der Waals surface area (Å²) in [6.07, 6.45) is 0.926. The van der Waals surface area contributed by atoms with E-state index in [1.807, 2.05) is 11.9 Å². The molecule has 7 heteroatoms. The molecule has 1 aromatic heterocycles. The Morgan fingerprint density at radius 3 is 2.94 bits per heavy atom. The van der Waals surface area contributed by atoms with Gasteiger partial charge in [0, 0.05) is 19.7 Å². The molecule has 2 rings (SSSR count). The van der Waals surface area contributed by atoms with Gasteiger partial charge in [-0.05, 0) is 12.5 Å². The molecule has 0 aromatic carbocycles. The number of hydrogen-bond donors (Lipinski definition) is 1. The number of ether oxygens (including phenoxy) is 1. The van der Waals surface area contributed by atoms with Crippen molar-refractivity contribution in [1.29, 1.82) is 0 Å². The summed E-state index contributed by atoms with van der Waals surface area (Å²) in [6, 6.07) is 3.24. The van der Waals surface area contributed by atoms with Crippen molar-refractivity contribution in [3.63, 3.8) is 0 Å². The van der Waals surface area contributed by atoms with Gasteiger partial charge in [-0.1, -0.05) is 0 Å². The summed E-state index contributed by atoms with van der Waals surface area (Å²) in [5.74, 6) is 0.571. The molecule has 0 radical (unpaired) electrons. The minimum atomic E-state index is -0.537. The fourth-order valence-corrected chi connectivity index (χ4v) is 1.82. The lowest BCUT2D eigenvalue weighted by atomic mass is 10.2. The number of nitrogens with zero attached hydrogens (tertiary/aromatic N) is 3. The number of nitrogens with two attached hydrogens (primary N) is 1. The number of hydrogen-bond acceptors (Lipinski definition) is 6. The summed E-state index contributed by atoms with van der Waals surface area (Å²) in [5.41, 5.74) is 5.39. The maximum atomic E-state index is 10.6. The Kier molecular flexibility index (Phi) is 3.10. The van der Waals surface area contributed by atoms with Crippen molar-refractivity contribution in [2.75, 3.05) is 30.9 Å². The number of aromatic nitrogens is 1. The molecule has 2 N–H and O–H groups in total. The van der Waals surface area contributed by atoms with Crippen LogP contribution in [-0.4, -0.2) is 36.2 Å². The van der Waals surface area contributed by atoms with Gasteiger partial charge in [0.15, 0.2) is 0 Å². The van der Waals surface area contributed by atoms with E-state index in [0.29, 0.717) is 12.4 Å². The quantitative estimate of drug-likeness (QED) is 0.618. The second-order valence-electron chi connectivity index (χ2n) is 3.96. The molecule has 7 nitrogen and oxygen atoms in total. The molecule has 1 aliphatic rings. The first-order valence-corrected chi connectivity index (χ1v) is 5.31. The van der Waals surface area contributed by atoms with Gasteiger partial charge in [0.25, 0.3) is 0 Å². The number of likely N-dealkylation sites (N-methyl/N-ethyl adjacent to an activating group) is 1. The fourth-order valence-electron chi connectivity index (χ4n) is 1.82. The van der Waals surface area contributed by atoms with Crippen LogP contribution in [0.15, 0.2) is 12.1 Å². The summed E-state index contributed by atoms with van der Waals surface area (Å²) in [5, 5.41) is 10.6. The standard InChI is InChI=1S/C10H14N4O3/c1-13(7-4-5-17-6-7)9-3-2-8(14(15)16)10(11)12-9/h2-3,7H,4-6H2,1H3,(H2,11,12). The topological polar surface area (TPSA) is 94.5 Å². The van der Waals surface area contributed by atoms with E-state index < -0.39 is 4.92 Å². The maximum Gasteiger partial charge on any atom is 0.311 e. The normalized spacial score (nSPS) is 19.2. The van der Waals surface area contributed by atoms with Crippen molar-refractivity contribution in [1.82, 2.24) is 4.98 Å². The molecule has 2 heterocycles. The van der Waals surface area contributed by atoms with Crippen molar-refractivity contribution in [2.24, 2.45) is 0 Å². The van der Waals surface area contributed by atoms with Crippen LogP contribution in [-0.2, 0) is 4.74 Å². The second-order valence-corrected chi connectivity index (χ2v) is 3.96. The van der Waals surface area contributed by atoms with Crippen LogP contribution in [0, 0.1) is 10.1 Å². The molecule has 1 aromatic rings.